The van der Waals surface area contributed by atoms with E-state index in [-0.39, 0.29) is 29.7 Å². The summed E-state index contributed by atoms with van der Waals surface area (Å²) in [4.78, 5) is 8.12. The second kappa shape index (κ2) is 12.1. The van der Waals surface area contributed by atoms with E-state index in [1.807, 2.05) is 18.2 Å². The third-order valence-corrected chi connectivity index (χ3v) is 4.12. The molecule has 160 valence electrons. The Bertz CT molecular complexity index is 937. The molecule has 3 rings (SSSR count). The fraction of sp³-hybridized carbons (Fsp3) is 0.250. The fourth-order valence-corrected chi connectivity index (χ4v) is 2.79. The molecule has 0 saturated heterocycles. The van der Waals surface area contributed by atoms with Gasteiger partial charge in [-0.2, -0.15) is 13.9 Å². The van der Waals surface area contributed by atoms with Crippen molar-refractivity contribution < 1.29 is 13.5 Å². The lowest BCUT2D eigenvalue weighted by Crippen LogP contribution is -2.36. The van der Waals surface area contributed by atoms with Crippen molar-refractivity contribution in [3.05, 3.63) is 77.9 Å². The van der Waals surface area contributed by atoms with Crippen LogP contribution in [0.3, 0.4) is 0 Å². The first-order valence-electron chi connectivity index (χ1n) is 9.01. The maximum Gasteiger partial charge on any atom is 0.387 e. The molecule has 30 heavy (non-hydrogen) atoms. The van der Waals surface area contributed by atoms with Crippen molar-refractivity contribution in [3.8, 4) is 5.75 Å². The second-order valence-corrected chi connectivity index (χ2v) is 6.18. The second-order valence-electron chi connectivity index (χ2n) is 6.18. The summed E-state index contributed by atoms with van der Waals surface area (Å²) in [5, 5.41) is 10.4. The average molecular weight is 528 g/mol. The minimum absolute atomic E-state index is 0. The van der Waals surface area contributed by atoms with Gasteiger partial charge in [0.05, 0.1) is 6.54 Å². The summed E-state index contributed by atoms with van der Waals surface area (Å²) in [7, 11) is 1.65. The van der Waals surface area contributed by atoms with Crippen LogP contribution in [0.4, 0.5) is 8.78 Å². The summed E-state index contributed by atoms with van der Waals surface area (Å²) in [6.07, 6.45) is 3.18. The maximum absolute atomic E-state index is 12.5. The topological polar surface area (TPSA) is 76.4 Å². The summed E-state index contributed by atoms with van der Waals surface area (Å²) in [5.74, 6) is 0.699. The van der Waals surface area contributed by atoms with Crippen molar-refractivity contribution >= 4 is 29.9 Å². The van der Waals surface area contributed by atoms with Crippen molar-refractivity contribution in [1.29, 1.82) is 0 Å². The van der Waals surface area contributed by atoms with Gasteiger partial charge in [0.15, 0.2) is 5.96 Å². The number of nitrogens with zero attached hydrogens (tertiary/aromatic N) is 4. The third kappa shape index (κ3) is 7.25. The first kappa shape index (κ1) is 23.5. The van der Waals surface area contributed by atoms with Crippen molar-refractivity contribution in [1.82, 2.24) is 25.4 Å². The highest BCUT2D eigenvalue weighted by atomic mass is 127. The average Bonchev–Trinajstić information content (AvgIpc) is 3.22. The molecular weight excluding hydrogens is 505 g/mol. The predicted molar refractivity (Wildman–Crippen MR) is 121 cm³/mol. The van der Waals surface area contributed by atoms with Crippen molar-refractivity contribution in [3.63, 3.8) is 0 Å². The van der Waals surface area contributed by atoms with E-state index in [2.05, 4.69) is 36.5 Å². The number of halogens is 3. The molecule has 1 aromatic heterocycles. The molecule has 3 aromatic rings. The fourth-order valence-electron chi connectivity index (χ4n) is 2.79. The Labute approximate surface area is 190 Å². The predicted octanol–water partition coefficient (Wildman–Crippen LogP) is 3.41. The zero-order valence-electron chi connectivity index (χ0n) is 16.3. The Morgan fingerprint density at radius 3 is 2.60 bits per heavy atom. The Morgan fingerprint density at radius 1 is 1.10 bits per heavy atom. The Kier molecular flexibility index (Phi) is 9.45. The van der Waals surface area contributed by atoms with Crippen molar-refractivity contribution in [2.75, 3.05) is 7.05 Å². The number of guanidine groups is 1. The molecule has 10 heteroatoms. The van der Waals surface area contributed by atoms with Crippen LogP contribution in [-0.2, 0) is 19.6 Å². The number of alkyl halides is 2. The molecule has 0 atom stereocenters. The van der Waals surface area contributed by atoms with E-state index < -0.39 is 6.61 Å². The first-order valence-corrected chi connectivity index (χ1v) is 9.01. The van der Waals surface area contributed by atoms with Crippen LogP contribution in [0.1, 0.15) is 16.7 Å². The van der Waals surface area contributed by atoms with Gasteiger partial charge in [0, 0.05) is 25.7 Å². The summed E-state index contributed by atoms with van der Waals surface area (Å²) in [6.45, 7) is -1.37. The number of rotatable bonds is 8. The van der Waals surface area contributed by atoms with Crippen molar-refractivity contribution in [2.24, 2.45) is 4.99 Å². The minimum atomic E-state index is -2.86. The standard InChI is InChI=1S/C20H22F2N6O.HI/c1-23-20(26-11-17-7-2-3-8-18(17)29-19(21)22)25-10-15-5-4-6-16(9-15)12-28-14-24-13-27-28;/h2-9,13-14,19H,10-12H2,1H3,(H2,23,25,26);1H. The quantitative estimate of drug-likeness (QED) is 0.266. The van der Waals surface area contributed by atoms with Crippen LogP contribution in [-0.4, -0.2) is 34.4 Å². The lowest BCUT2D eigenvalue weighted by molar-refractivity contribution is -0.0504. The van der Waals surface area contributed by atoms with Gasteiger partial charge in [-0.05, 0) is 17.2 Å². The number of hydrogen-bond donors (Lipinski definition) is 2. The summed E-state index contributed by atoms with van der Waals surface area (Å²) in [5.41, 5.74) is 2.80. The molecule has 2 aromatic carbocycles. The van der Waals surface area contributed by atoms with E-state index in [4.69, 9.17) is 0 Å². The summed E-state index contributed by atoms with van der Waals surface area (Å²) >= 11 is 0. The molecule has 2 N–H and O–H groups in total. The molecule has 0 spiro atoms. The van der Waals surface area contributed by atoms with Gasteiger partial charge < -0.3 is 15.4 Å². The number of hydrogen-bond acceptors (Lipinski definition) is 4. The Morgan fingerprint density at radius 2 is 1.87 bits per heavy atom. The van der Waals surface area contributed by atoms with E-state index in [0.717, 1.165) is 11.1 Å². The van der Waals surface area contributed by atoms with Gasteiger partial charge in [-0.15, -0.1) is 24.0 Å². The molecule has 7 nitrogen and oxygen atoms in total. The lowest BCUT2D eigenvalue weighted by Gasteiger charge is -2.15. The molecule has 0 aliphatic rings. The largest absolute Gasteiger partial charge is 0.434 e. The van der Waals surface area contributed by atoms with Gasteiger partial charge >= 0.3 is 6.61 Å². The van der Waals surface area contributed by atoms with Gasteiger partial charge in [0.1, 0.15) is 18.4 Å². The molecule has 0 fully saturated rings. The zero-order chi connectivity index (χ0) is 20.5. The van der Waals surface area contributed by atoms with Gasteiger partial charge in [-0.1, -0.05) is 42.5 Å². The van der Waals surface area contributed by atoms with E-state index in [9.17, 15) is 8.78 Å². The number of aromatic nitrogens is 3. The minimum Gasteiger partial charge on any atom is -0.434 e. The normalized spacial score (nSPS) is 11.1. The highest BCUT2D eigenvalue weighted by molar-refractivity contribution is 14.0. The molecule has 0 radical (unpaired) electrons. The molecule has 0 amide bonds. The van der Waals surface area contributed by atoms with Crippen LogP contribution in [0.5, 0.6) is 5.75 Å². The number of aliphatic imine (C=N–C) groups is 1. The maximum atomic E-state index is 12.5. The van der Waals surface area contributed by atoms with Gasteiger partial charge in [0.25, 0.3) is 0 Å². The molecule has 0 saturated carbocycles. The number of ether oxygens (including phenoxy) is 1. The number of para-hydroxylation sites is 1. The first-order chi connectivity index (χ1) is 14.1. The smallest absolute Gasteiger partial charge is 0.387 e. The Balaban J connectivity index is 0.00000320. The van der Waals surface area contributed by atoms with Gasteiger partial charge in [0.2, 0.25) is 0 Å². The van der Waals surface area contributed by atoms with Crippen LogP contribution in [0.2, 0.25) is 0 Å². The SMILES string of the molecule is CN=C(NCc1cccc(Cn2cncn2)c1)NCc1ccccc1OC(F)F.I. The third-order valence-electron chi connectivity index (χ3n) is 4.12. The molecular formula is C20H23F2IN6O. The van der Waals surface area contributed by atoms with E-state index in [0.29, 0.717) is 31.2 Å². The van der Waals surface area contributed by atoms with Crippen LogP contribution < -0.4 is 15.4 Å². The lowest BCUT2D eigenvalue weighted by atomic mass is 10.1. The summed E-state index contributed by atoms with van der Waals surface area (Å²) < 4.78 is 31.4. The van der Waals surface area contributed by atoms with Crippen molar-refractivity contribution in [2.45, 2.75) is 26.2 Å². The summed E-state index contributed by atoms with van der Waals surface area (Å²) in [6, 6.07) is 14.8. The van der Waals surface area contributed by atoms with Crippen LogP contribution in [0, 0.1) is 0 Å². The van der Waals surface area contributed by atoms with Gasteiger partial charge in [-0.3, -0.25) is 4.99 Å². The molecule has 0 aliphatic heterocycles. The van der Waals surface area contributed by atoms with Crippen LogP contribution in [0.15, 0.2) is 66.2 Å². The van der Waals surface area contributed by atoms with Crippen LogP contribution in [0.25, 0.3) is 0 Å². The molecule has 0 bridgehead atoms. The molecule has 0 aliphatic carbocycles. The Hall–Kier alpha value is -2.76. The van der Waals surface area contributed by atoms with E-state index >= 15 is 0 Å². The molecule has 1 heterocycles. The highest BCUT2D eigenvalue weighted by Crippen LogP contribution is 2.19. The van der Waals surface area contributed by atoms with E-state index in [1.165, 1.54) is 12.4 Å². The van der Waals surface area contributed by atoms with Crippen LogP contribution >= 0.6 is 24.0 Å². The monoisotopic (exact) mass is 528 g/mol. The number of benzene rings is 2. The molecule has 0 unspecified atom stereocenters. The van der Waals surface area contributed by atoms with Gasteiger partial charge in [-0.25, -0.2) is 9.67 Å². The number of nitrogens with one attached hydrogen (secondary N) is 2. The highest BCUT2D eigenvalue weighted by Gasteiger charge is 2.09. The zero-order valence-corrected chi connectivity index (χ0v) is 18.7. The van der Waals surface area contributed by atoms with E-state index in [1.54, 1.807) is 36.3 Å².